The van der Waals surface area contributed by atoms with Crippen molar-refractivity contribution in [2.75, 3.05) is 0 Å². The summed E-state index contributed by atoms with van der Waals surface area (Å²) in [5.41, 5.74) is 0.753. The Hall–Kier alpha value is -0.850. The number of hydrogen-bond acceptors (Lipinski definition) is 1. The molecule has 44 valence electrons. The molecule has 0 spiro atoms. The van der Waals surface area contributed by atoms with Crippen molar-refractivity contribution in [3.8, 4) is 0 Å². The maximum Gasteiger partial charge on any atom is 0.145 e. The Kier molecular flexibility index (Phi) is 3.85. The molecule has 0 fully saturated rings. The second-order valence-electron chi connectivity index (χ2n) is 1.55. The first-order valence-electron chi connectivity index (χ1n) is 2.56. The van der Waals surface area contributed by atoms with Gasteiger partial charge in [-0.25, -0.2) is 0 Å². The number of rotatable bonds is 2. The molecule has 0 unspecified atom stereocenters. The second-order valence-corrected chi connectivity index (χ2v) is 1.55. The standard InChI is InChI=1S/C7H10O/c1-3-4-5-7(2)6-8/h3-6H,1-2H3/b4-3-,7-5-. The van der Waals surface area contributed by atoms with Crippen LogP contribution in [-0.2, 0) is 4.79 Å². The van der Waals surface area contributed by atoms with Gasteiger partial charge in [-0.1, -0.05) is 18.2 Å². The highest BCUT2D eigenvalue weighted by atomic mass is 16.1. The third-order valence-electron chi connectivity index (χ3n) is 0.737. The van der Waals surface area contributed by atoms with Gasteiger partial charge in [0, 0.05) is 0 Å². The van der Waals surface area contributed by atoms with Crippen LogP contribution in [0.5, 0.6) is 0 Å². The normalized spacial score (nSPS) is 12.5. The second kappa shape index (κ2) is 4.31. The van der Waals surface area contributed by atoms with Gasteiger partial charge in [0.05, 0.1) is 0 Å². The van der Waals surface area contributed by atoms with Gasteiger partial charge >= 0.3 is 0 Å². The Morgan fingerprint density at radius 2 is 2.12 bits per heavy atom. The summed E-state index contributed by atoms with van der Waals surface area (Å²) in [7, 11) is 0. The smallest absolute Gasteiger partial charge is 0.145 e. The maximum absolute atomic E-state index is 9.91. The average molecular weight is 110 g/mol. The Labute approximate surface area is 49.7 Å². The summed E-state index contributed by atoms with van der Waals surface area (Å²) in [6.45, 7) is 3.68. The van der Waals surface area contributed by atoms with Crippen LogP contribution < -0.4 is 0 Å². The van der Waals surface area contributed by atoms with E-state index < -0.39 is 0 Å². The SMILES string of the molecule is C/C=C\C=C(\C)C=O. The lowest BCUT2D eigenvalue weighted by atomic mass is 10.3. The zero-order chi connectivity index (χ0) is 6.41. The number of carbonyl (C=O) groups excluding carboxylic acids is 1. The Bertz CT molecular complexity index is 120. The van der Waals surface area contributed by atoms with Gasteiger partial charge < -0.3 is 0 Å². The molecule has 0 heterocycles. The molecule has 1 nitrogen and oxygen atoms in total. The van der Waals surface area contributed by atoms with Crippen molar-refractivity contribution in [1.29, 1.82) is 0 Å². The molecule has 0 aromatic heterocycles. The van der Waals surface area contributed by atoms with Gasteiger partial charge in [0.15, 0.2) is 0 Å². The first kappa shape index (κ1) is 7.15. The Morgan fingerprint density at radius 3 is 2.50 bits per heavy atom. The van der Waals surface area contributed by atoms with Crippen LogP contribution >= 0.6 is 0 Å². The van der Waals surface area contributed by atoms with Gasteiger partial charge in [0.2, 0.25) is 0 Å². The minimum Gasteiger partial charge on any atom is -0.298 e. The van der Waals surface area contributed by atoms with Crippen LogP contribution in [0.3, 0.4) is 0 Å². The summed E-state index contributed by atoms with van der Waals surface area (Å²) in [6, 6.07) is 0. The molecule has 0 aliphatic rings. The van der Waals surface area contributed by atoms with Crippen LogP contribution in [0, 0.1) is 0 Å². The third kappa shape index (κ3) is 3.34. The van der Waals surface area contributed by atoms with Crippen molar-refractivity contribution in [1.82, 2.24) is 0 Å². The average Bonchev–Trinajstić information content (AvgIpc) is 1.83. The zero-order valence-corrected chi connectivity index (χ0v) is 5.22. The van der Waals surface area contributed by atoms with E-state index in [0.29, 0.717) is 0 Å². The van der Waals surface area contributed by atoms with E-state index in [9.17, 15) is 4.79 Å². The first-order chi connectivity index (χ1) is 3.81. The highest BCUT2D eigenvalue weighted by Crippen LogP contribution is 1.85. The van der Waals surface area contributed by atoms with E-state index >= 15 is 0 Å². The number of carbonyl (C=O) groups is 1. The van der Waals surface area contributed by atoms with Crippen LogP contribution in [-0.4, -0.2) is 6.29 Å². The van der Waals surface area contributed by atoms with Crippen LogP contribution in [0.15, 0.2) is 23.8 Å². The largest absolute Gasteiger partial charge is 0.298 e. The van der Waals surface area contributed by atoms with E-state index in [1.807, 2.05) is 19.1 Å². The summed E-state index contributed by atoms with van der Waals surface area (Å²) in [5.74, 6) is 0. The van der Waals surface area contributed by atoms with Crippen LogP contribution in [0.1, 0.15) is 13.8 Å². The van der Waals surface area contributed by atoms with Crippen LogP contribution in [0.4, 0.5) is 0 Å². The molecular formula is C7H10O. The van der Waals surface area contributed by atoms with Crippen molar-refractivity contribution in [2.45, 2.75) is 13.8 Å². The van der Waals surface area contributed by atoms with Crippen LogP contribution in [0.25, 0.3) is 0 Å². The van der Waals surface area contributed by atoms with Gasteiger partial charge in [0.25, 0.3) is 0 Å². The van der Waals surface area contributed by atoms with Gasteiger partial charge in [-0.05, 0) is 19.4 Å². The summed E-state index contributed by atoms with van der Waals surface area (Å²) in [5, 5.41) is 0. The van der Waals surface area contributed by atoms with Crippen molar-refractivity contribution >= 4 is 6.29 Å². The van der Waals surface area contributed by atoms with Crippen LogP contribution in [0.2, 0.25) is 0 Å². The Morgan fingerprint density at radius 1 is 1.50 bits per heavy atom. The van der Waals surface area contributed by atoms with E-state index in [2.05, 4.69) is 0 Å². The summed E-state index contributed by atoms with van der Waals surface area (Å²) in [6.07, 6.45) is 6.32. The number of hydrogen-bond donors (Lipinski definition) is 0. The number of aldehydes is 1. The van der Waals surface area contributed by atoms with E-state index in [-0.39, 0.29) is 0 Å². The minimum absolute atomic E-state index is 0.753. The minimum atomic E-state index is 0.753. The molecule has 0 aliphatic carbocycles. The zero-order valence-electron chi connectivity index (χ0n) is 5.22. The molecule has 0 saturated heterocycles. The molecule has 0 atom stereocenters. The lowest BCUT2D eigenvalue weighted by Crippen LogP contribution is -1.71. The highest BCUT2D eigenvalue weighted by molar-refractivity contribution is 5.72. The van der Waals surface area contributed by atoms with Gasteiger partial charge in [-0.2, -0.15) is 0 Å². The molecule has 0 rings (SSSR count). The fraction of sp³-hybridized carbons (Fsp3) is 0.286. The fourth-order valence-corrected chi connectivity index (χ4v) is 0.287. The number of allylic oxidation sites excluding steroid dienone is 4. The monoisotopic (exact) mass is 110 g/mol. The molecule has 0 N–H and O–H groups in total. The molecule has 1 heteroatoms. The first-order valence-corrected chi connectivity index (χ1v) is 2.56. The van der Waals surface area contributed by atoms with Gasteiger partial charge in [0.1, 0.15) is 6.29 Å². The fourth-order valence-electron chi connectivity index (χ4n) is 0.287. The van der Waals surface area contributed by atoms with E-state index in [0.717, 1.165) is 11.9 Å². The Balaban J connectivity index is 3.74. The van der Waals surface area contributed by atoms with E-state index in [1.54, 1.807) is 13.0 Å². The van der Waals surface area contributed by atoms with E-state index in [1.165, 1.54) is 0 Å². The molecule has 0 radical (unpaired) electrons. The molecule has 0 bridgehead atoms. The van der Waals surface area contributed by atoms with Crippen molar-refractivity contribution in [3.05, 3.63) is 23.8 Å². The molecule has 8 heavy (non-hydrogen) atoms. The highest BCUT2D eigenvalue weighted by Gasteiger charge is 1.75. The predicted octanol–water partition coefficient (Wildman–Crippen LogP) is 1.71. The maximum atomic E-state index is 9.91. The summed E-state index contributed by atoms with van der Waals surface area (Å²) in [4.78, 5) is 9.91. The molecule has 0 aromatic carbocycles. The summed E-state index contributed by atoms with van der Waals surface area (Å²) >= 11 is 0. The van der Waals surface area contributed by atoms with E-state index in [4.69, 9.17) is 0 Å². The quantitative estimate of drug-likeness (QED) is 0.300. The lowest BCUT2D eigenvalue weighted by molar-refractivity contribution is -0.104. The van der Waals surface area contributed by atoms with Gasteiger partial charge in [-0.15, -0.1) is 0 Å². The molecular weight excluding hydrogens is 100 g/mol. The van der Waals surface area contributed by atoms with Crippen molar-refractivity contribution < 1.29 is 4.79 Å². The molecule has 0 amide bonds. The van der Waals surface area contributed by atoms with Crippen molar-refractivity contribution in [3.63, 3.8) is 0 Å². The predicted molar refractivity (Wildman–Crippen MR) is 34.6 cm³/mol. The lowest BCUT2D eigenvalue weighted by Gasteiger charge is -1.77. The molecule has 0 aliphatic heterocycles. The van der Waals surface area contributed by atoms with Crippen molar-refractivity contribution in [2.24, 2.45) is 0 Å². The molecule has 0 saturated carbocycles. The topological polar surface area (TPSA) is 17.1 Å². The third-order valence-corrected chi connectivity index (χ3v) is 0.737. The van der Waals surface area contributed by atoms with Gasteiger partial charge in [-0.3, -0.25) is 4.79 Å². The molecule has 0 aromatic rings. The summed E-state index contributed by atoms with van der Waals surface area (Å²) < 4.78 is 0.